The molecule has 1 atom stereocenters. The van der Waals surface area contributed by atoms with Crippen LogP contribution >= 0.6 is 0 Å². The van der Waals surface area contributed by atoms with Crippen LogP contribution in [0.25, 0.3) is 0 Å². The molecule has 1 aliphatic carbocycles. The number of nitrogens with zero attached hydrogens (tertiary/aromatic N) is 1. The molecule has 1 N–H and O–H groups in total. The van der Waals surface area contributed by atoms with Crippen LogP contribution in [0.5, 0.6) is 0 Å². The molecular weight excluding hydrogens is 204 g/mol. The molecule has 94 valence electrons. The van der Waals surface area contributed by atoms with Crippen molar-refractivity contribution in [2.75, 3.05) is 40.3 Å². The first-order chi connectivity index (χ1) is 7.74. The van der Waals surface area contributed by atoms with Gasteiger partial charge in [0.15, 0.2) is 5.79 Å². The Labute approximate surface area is 98.3 Å². The van der Waals surface area contributed by atoms with E-state index in [0.717, 1.165) is 39.1 Å². The number of rotatable bonds is 5. The average Bonchev–Trinajstić information content (AvgIpc) is 2.87. The van der Waals surface area contributed by atoms with Gasteiger partial charge in [0.1, 0.15) is 0 Å². The van der Waals surface area contributed by atoms with E-state index in [4.69, 9.17) is 9.47 Å². The Morgan fingerprint density at radius 2 is 2.12 bits per heavy atom. The van der Waals surface area contributed by atoms with Crippen LogP contribution in [0.4, 0.5) is 0 Å². The molecular formula is C12H24N2O2. The third kappa shape index (κ3) is 2.94. The third-order valence-electron chi connectivity index (χ3n) is 3.54. The van der Waals surface area contributed by atoms with E-state index in [9.17, 15) is 0 Å². The fourth-order valence-corrected chi connectivity index (χ4v) is 2.62. The van der Waals surface area contributed by atoms with Crippen molar-refractivity contribution in [3.8, 4) is 0 Å². The predicted molar refractivity (Wildman–Crippen MR) is 63.4 cm³/mol. The van der Waals surface area contributed by atoms with Gasteiger partial charge in [-0.05, 0) is 26.9 Å². The Bertz CT molecular complexity index is 217. The summed E-state index contributed by atoms with van der Waals surface area (Å²) < 4.78 is 11.9. The van der Waals surface area contributed by atoms with Gasteiger partial charge in [-0.25, -0.2) is 0 Å². The van der Waals surface area contributed by atoms with Gasteiger partial charge in [-0.3, -0.25) is 0 Å². The summed E-state index contributed by atoms with van der Waals surface area (Å²) >= 11 is 0. The summed E-state index contributed by atoms with van der Waals surface area (Å²) in [4.78, 5) is 2.30. The van der Waals surface area contributed by atoms with Gasteiger partial charge in [0.2, 0.25) is 0 Å². The Morgan fingerprint density at radius 1 is 1.38 bits per heavy atom. The Hall–Kier alpha value is -0.160. The first-order valence-electron chi connectivity index (χ1n) is 6.39. The van der Waals surface area contributed by atoms with E-state index in [1.54, 1.807) is 0 Å². The van der Waals surface area contributed by atoms with Crippen molar-refractivity contribution in [1.29, 1.82) is 0 Å². The molecule has 0 bridgehead atoms. The fourth-order valence-electron chi connectivity index (χ4n) is 2.62. The molecule has 0 amide bonds. The second kappa shape index (κ2) is 5.45. The van der Waals surface area contributed by atoms with Gasteiger partial charge in [0.05, 0.1) is 12.7 Å². The van der Waals surface area contributed by atoms with Gasteiger partial charge >= 0.3 is 0 Å². The first-order valence-corrected chi connectivity index (χ1v) is 6.39. The quantitative estimate of drug-likeness (QED) is 0.755. The highest BCUT2D eigenvalue weighted by atomic mass is 16.7. The second-order valence-corrected chi connectivity index (χ2v) is 5.03. The minimum atomic E-state index is -0.200. The molecule has 1 spiro atoms. The van der Waals surface area contributed by atoms with E-state index >= 15 is 0 Å². The van der Waals surface area contributed by atoms with Crippen LogP contribution in [0.3, 0.4) is 0 Å². The minimum absolute atomic E-state index is 0.200. The maximum Gasteiger partial charge on any atom is 0.168 e. The van der Waals surface area contributed by atoms with Crippen LogP contribution in [0, 0.1) is 0 Å². The molecule has 0 aromatic heterocycles. The number of likely N-dealkylation sites (N-methyl/N-ethyl adjacent to an activating group) is 2. The number of hydrogen-bond acceptors (Lipinski definition) is 4. The zero-order valence-corrected chi connectivity index (χ0v) is 10.5. The summed E-state index contributed by atoms with van der Waals surface area (Å²) in [5.74, 6) is -0.200. The monoisotopic (exact) mass is 228 g/mol. The molecule has 1 heterocycles. The third-order valence-corrected chi connectivity index (χ3v) is 3.54. The van der Waals surface area contributed by atoms with Gasteiger partial charge in [0.25, 0.3) is 0 Å². The van der Waals surface area contributed by atoms with E-state index in [0.29, 0.717) is 0 Å². The van der Waals surface area contributed by atoms with Gasteiger partial charge in [0, 0.05) is 32.5 Å². The molecule has 1 saturated carbocycles. The number of ether oxygens (including phenoxy) is 2. The van der Waals surface area contributed by atoms with E-state index in [-0.39, 0.29) is 11.9 Å². The van der Waals surface area contributed by atoms with Crippen LogP contribution in [0.15, 0.2) is 0 Å². The smallest absolute Gasteiger partial charge is 0.168 e. The molecule has 0 aromatic rings. The van der Waals surface area contributed by atoms with Crippen molar-refractivity contribution in [3.05, 3.63) is 0 Å². The number of nitrogens with one attached hydrogen (secondary N) is 1. The molecule has 1 saturated heterocycles. The van der Waals surface area contributed by atoms with Gasteiger partial charge in [-0.1, -0.05) is 0 Å². The normalized spacial score (nSPS) is 28.3. The average molecular weight is 228 g/mol. The SMILES string of the molecule is CNCCN(C)CC1COC2(CCCC2)O1. The summed E-state index contributed by atoms with van der Waals surface area (Å²) in [6.07, 6.45) is 4.94. The van der Waals surface area contributed by atoms with Gasteiger partial charge in [-0.15, -0.1) is 0 Å². The lowest BCUT2D eigenvalue weighted by Gasteiger charge is -2.24. The van der Waals surface area contributed by atoms with Gasteiger partial charge < -0.3 is 19.7 Å². The van der Waals surface area contributed by atoms with Gasteiger partial charge in [-0.2, -0.15) is 0 Å². The van der Waals surface area contributed by atoms with Crippen molar-refractivity contribution in [2.45, 2.75) is 37.6 Å². The standard InChI is InChI=1S/C12H24N2O2/c1-13-7-8-14(2)9-11-10-15-12(16-11)5-3-4-6-12/h11,13H,3-10H2,1-2H3. The van der Waals surface area contributed by atoms with Crippen molar-refractivity contribution in [1.82, 2.24) is 10.2 Å². The summed E-state index contributed by atoms with van der Waals surface area (Å²) in [6.45, 7) is 3.83. The molecule has 2 fully saturated rings. The molecule has 4 heteroatoms. The van der Waals surface area contributed by atoms with Crippen molar-refractivity contribution < 1.29 is 9.47 Å². The molecule has 4 nitrogen and oxygen atoms in total. The van der Waals surface area contributed by atoms with Crippen molar-refractivity contribution in [2.24, 2.45) is 0 Å². The minimum Gasteiger partial charge on any atom is -0.347 e. The topological polar surface area (TPSA) is 33.7 Å². The van der Waals surface area contributed by atoms with Crippen LogP contribution < -0.4 is 5.32 Å². The summed E-state index contributed by atoms with van der Waals surface area (Å²) in [5.41, 5.74) is 0. The molecule has 1 aliphatic heterocycles. The Morgan fingerprint density at radius 3 is 2.81 bits per heavy atom. The molecule has 1 unspecified atom stereocenters. The molecule has 0 aromatic carbocycles. The van der Waals surface area contributed by atoms with E-state index < -0.39 is 0 Å². The Kier molecular flexibility index (Phi) is 4.19. The zero-order valence-electron chi connectivity index (χ0n) is 10.5. The van der Waals surface area contributed by atoms with Crippen LogP contribution in [-0.2, 0) is 9.47 Å². The van der Waals surface area contributed by atoms with Crippen molar-refractivity contribution >= 4 is 0 Å². The highest BCUT2D eigenvalue weighted by Gasteiger charge is 2.43. The maximum absolute atomic E-state index is 6.08. The summed E-state index contributed by atoms with van der Waals surface area (Å²) in [7, 11) is 4.12. The summed E-state index contributed by atoms with van der Waals surface area (Å²) in [6, 6.07) is 0. The maximum atomic E-state index is 6.08. The lowest BCUT2D eigenvalue weighted by atomic mass is 10.2. The summed E-state index contributed by atoms with van der Waals surface area (Å²) in [5, 5.41) is 3.16. The molecule has 2 aliphatic rings. The zero-order chi connectivity index (χ0) is 11.4. The molecule has 16 heavy (non-hydrogen) atoms. The first kappa shape index (κ1) is 12.3. The molecule has 2 rings (SSSR count). The number of hydrogen-bond donors (Lipinski definition) is 1. The lowest BCUT2D eigenvalue weighted by molar-refractivity contribution is -0.163. The van der Waals surface area contributed by atoms with Crippen LogP contribution in [0.2, 0.25) is 0 Å². The highest BCUT2D eigenvalue weighted by molar-refractivity contribution is 4.84. The second-order valence-electron chi connectivity index (χ2n) is 5.03. The Balaban J connectivity index is 1.72. The highest BCUT2D eigenvalue weighted by Crippen LogP contribution is 2.39. The largest absolute Gasteiger partial charge is 0.347 e. The fraction of sp³-hybridized carbons (Fsp3) is 1.00. The van der Waals surface area contributed by atoms with Crippen molar-refractivity contribution in [3.63, 3.8) is 0 Å². The van der Waals surface area contributed by atoms with E-state index in [2.05, 4.69) is 17.3 Å². The lowest BCUT2D eigenvalue weighted by Crippen LogP contribution is -2.36. The van der Waals surface area contributed by atoms with Crippen LogP contribution in [-0.4, -0.2) is 57.1 Å². The van der Waals surface area contributed by atoms with E-state index in [1.165, 1.54) is 12.8 Å². The predicted octanol–water partition coefficient (Wildman–Crippen LogP) is 0.823. The van der Waals surface area contributed by atoms with E-state index in [1.807, 2.05) is 7.05 Å². The molecule has 0 radical (unpaired) electrons. The van der Waals surface area contributed by atoms with Crippen LogP contribution in [0.1, 0.15) is 25.7 Å².